The summed E-state index contributed by atoms with van der Waals surface area (Å²) in [5.74, 6) is 0.0879. The van der Waals surface area contributed by atoms with Crippen molar-refractivity contribution in [2.24, 2.45) is 0 Å². The topological polar surface area (TPSA) is 74.9 Å². The maximum Gasteiger partial charge on any atom is 0.238 e. The van der Waals surface area contributed by atoms with E-state index in [-0.39, 0.29) is 11.8 Å². The Hall–Kier alpha value is -1.45. The zero-order valence-electron chi connectivity index (χ0n) is 4.76. The van der Waals surface area contributed by atoms with Crippen molar-refractivity contribution in [2.45, 2.75) is 0 Å². The molecule has 1 aromatic heterocycles. The molecule has 1 rings (SSSR count). The molecular formula is C5H7N3O. The van der Waals surface area contributed by atoms with E-state index in [2.05, 4.69) is 16.5 Å². The van der Waals surface area contributed by atoms with Crippen molar-refractivity contribution in [1.29, 1.82) is 0 Å². The monoisotopic (exact) mass is 125 g/mol. The quantitative estimate of drug-likeness (QED) is 0.506. The molecule has 4 N–H and O–H groups in total. The Labute approximate surface area is 52.0 Å². The van der Waals surface area contributed by atoms with E-state index in [9.17, 15) is 0 Å². The van der Waals surface area contributed by atoms with Gasteiger partial charge in [0, 0.05) is 0 Å². The van der Waals surface area contributed by atoms with E-state index in [0.717, 1.165) is 0 Å². The second-order valence-electron chi connectivity index (χ2n) is 1.56. The van der Waals surface area contributed by atoms with Crippen LogP contribution in [0.4, 0.5) is 5.95 Å². The molecule has 0 fully saturated rings. The van der Waals surface area contributed by atoms with Crippen molar-refractivity contribution in [2.75, 3.05) is 5.73 Å². The molecule has 0 atom stereocenters. The Morgan fingerprint density at radius 2 is 2.44 bits per heavy atom. The molecule has 0 radical (unpaired) electrons. The second-order valence-corrected chi connectivity index (χ2v) is 1.56. The van der Waals surface area contributed by atoms with Crippen LogP contribution in [0.15, 0.2) is 6.58 Å². The van der Waals surface area contributed by atoms with Gasteiger partial charge in [0.05, 0.1) is 0 Å². The van der Waals surface area contributed by atoms with E-state index in [1.165, 1.54) is 6.08 Å². The number of hydrogen-bond acceptors (Lipinski definition) is 3. The van der Waals surface area contributed by atoms with Gasteiger partial charge in [-0.3, -0.25) is 0 Å². The summed E-state index contributed by atoms with van der Waals surface area (Å²) in [6.07, 6.45) is 1.44. The standard InChI is InChI=1S/C5H7N3O/c1-2-3-4(9)8-5(6)7-3/h2,9H,1H2,(H3,6,7,8). The van der Waals surface area contributed by atoms with Gasteiger partial charge in [0.25, 0.3) is 0 Å². The largest absolute Gasteiger partial charge is 0.492 e. The van der Waals surface area contributed by atoms with Gasteiger partial charge in [-0.2, -0.15) is 4.98 Å². The molecule has 0 aliphatic rings. The van der Waals surface area contributed by atoms with Gasteiger partial charge >= 0.3 is 0 Å². The van der Waals surface area contributed by atoms with E-state index >= 15 is 0 Å². The number of nitrogens with zero attached hydrogens (tertiary/aromatic N) is 1. The van der Waals surface area contributed by atoms with E-state index in [0.29, 0.717) is 5.69 Å². The minimum absolute atomic E-state index is 0.109. The van der Waals surface area contributed by atoms with Crippen LogP contribution >= 0.6 is 0 Å². The summed E-state index contributed by atoms with van der Waals surface area (Å²) in [4.78, 5) is 6.08. The molecule has 0 aliphatic carbocycles. The lowest BCUT2D eigenvalue weighted by Gasteiger charge is -1.80. The molecule has 0 aromatic carbocycles. The summed E-state index contributed by atoms with van der Waals surface area (Å²) in [5.41, 5.74) is 5.63. The molecule has 0 aliphatic heterocycles. The first-order valence-corrected chi connectivity index (χ1v) is 2.41. The van der Waals surface area contributed by atoms with Gasteiger partial charge < -0.3 is 15.8 Å². The van der Waals surface area contributed by atoms with Crippen LogP contribution < -0.4 is 5.73 Å². The minimum atomic E-state index is -0.109. The van der Waals surface area contributed by atoms with Crippen LogP contribution in [0.3, 0.4) is 0 Å². The van der Waals surface area contributed by atoms with Crippen molar-refractivity contribution in [3.63, 3.8) is 0 Å². The summed E-state index contributed by atoms with van der Waals surface area (Å²) in [6.45, 7) is 3.42. The van der Waals surface area contributed by atoms with Gasteiger partial charge in [-0.05, 0) is 6.08 Å². The molecular weight excluding hydrogens is 118 g/mol. The maximum atomic E-state index is 8.84. The number of H-pyrrole nitrogens is 1. The Bertz CT molecular complexity index is 228. The Kier molecular flexibility index (Phi) is 1.14. The Morgan fingerprint density at radius 3 is 2.67 bits per heavy atom. The number of aromatic nitrogens is 2. The number of aromatic hydroxyl groups is 1. The highest BCUT2D eigenvalue weighted by molar-refractivity contribution is 5.50. The molecule has 0 spiro atoms. The number of imidazole rings is 1. The molecule has 0 saturated heterocycles. The van der Waals surface area contributed by atoms with Crippen LogP contribution in [0.2, 0.25) is 0 Å². The molecule has 4 heteroatoms. The first kappa shape index (κ1) is 5.68. The fourth-order valence-corrected chi connectivity index (χ4v) is 0.538. The SMILES string of the molecule is C=Cc1[nH]c(N)nc1O. The molecule has 1 aromatic rings. The van der Waals surface area contributed by atoms with Crippen LogP contribution in [-0.2, 0) is 0 Å². The first-order chi connectivity index (χ1) is 4.24. The van der Waals surface area contributed by atoms with Crippen molar-refractivity contribution < 1.29 is 5.11 Å². The highest BCUT2D eigenvalue weighted by Crippen LogP contribution is 2.14. The smallest absolute Gasteiger partial charge is 0.238 e. The summed E-state index contributed by atoms with van der Waals surface area (Å²) in [7, 11) is 0. The van der Waals surface area contributed by atoms with E-state index < -0.39 is 0 Å². The number of hydrogen-bond donors (Lipinski definition) is 3. The lowest BCUT2D eigenvalue weighted by Crippen LogP contribution is -1.84. The van der Waals surface area contributed by atoms with E-state index in [4.69, 9.17) is 10.8 Å². The van der Waals surface area contributed by atoms with Gasteiger partial charge in [0.15, 0.2) is 0 Å². The molecule has 0 bridgehead atoms. The average molecular weight is 125 g/mol. The van der Waals surface area contributed by atoms with Crippen molar-refractivity contribution in [3.8, 4) is 5.88 Å². The van der Waals surface area contributed by atoms with Crippen LogP contribution in [-0.4, -0.2) is 15.1 Å². The number of nitrogens with one attached hydrogen (secondary N) is 1. The van der Waals surface area contributed by atoms with Crippen LogP contribution in [0, 0.1) is 0 Å². The molecule has 1 heterocycles. The lowest BCUT2D eigenvalue weighted by molar-refractivity contribution is 0.456. The molecule has 0 saturated carbocycles. The molecule has 0 unspecified atom stereocenters. The predicted octanol–water partition coefficient (Wildman–Crippen LogP) is 0.341. The summed E-state index contributed by atoms with van der Waals surface area (Å²) >= 11 is 0. The summed E-state index contributed by atoms with van der Waals surface area (Å²) in [6, 6.07) is 0. The van der Waals surface area contributed by atoms with Crippen molar-refractivity contribution in [3.05, 3.63) is 12.3 Å². The average Bonchev–Trinajstić information content (AvgIpc) is 2.10. The Morgan fingerprint density at radius 1 is 1.78 bits per heavy atom. The lowest BCUT2D eigenvalue weighted by atomic mass is 10.5. The number of nitrogen functional groups attached to an aromatic ring is 1. The van der Waals surface area contributed by atoms with Crippen LogP contribution in [0.5, 0.6) is 5.88 Å². The maximum absolute atomic E-state index is 8.84. The fourth-order valence-electron chi connectivity index (χ4n) is 0.538. The van der Waals surface area contributed by atoms with Crippen LogP contribution in [0.25, 0.3) is 6.08 Å². The third kappa shape index (κ3) is 0.861. The van der Waals surface area contributed by atoms with E-state index in [1.54, 1.807) is 0 Å². The van der Waals surface area contributed by atoms with Gasteiger partial charge in [0.1, 0.15) is 5.69 Å². The summed E-state index contributed by atoms with van der Waals surface area (Å²) < 4.78 is 0. The van der Waals surface area contributed by atoms with Gasteiger partial charge in [-0.1, -0.05) is 6.58 Å². The predicted molar refractivity (Wildman–Crippen MR) is 34.8 cm³/mol. The molecule has 0 amide bonds. The number of aromatic amines is 1. The fraction of sp³-hybridized carbons (Fsp3) is 0. The minimum Gasteiger partial charge on any atom is -0.492 e. The van der Waals surface area contributed by atoms with Gasteiger partial charge in [0.2, 0.25) is 11.8 Å². The highest BCUT2D eigenvalue weighted by Gasteiger charge is 2.00. The number of nitrogens with two attached hydrogens (primary N) is 1. The third-order valence-electron chi connectivity index (χ3n) is 0.934. The molecule has 9 heavy (non-hydrogen) atoms. The van der Waals surface area contributed by atoms with Gasteiger partial charge in [-0.15, -0.1) is 0 Å². The second kappa shape index (κ2) is 1.81. The third-order valence-corrected chi connectivity index (χ3v) is 0.934. The normalized spacial score (nSPS) is 9.33. The Balaban J connectivity index is 3.15. The van der Waals surface area contributed by atoms with Crippen LogP contribution in [0.1, 0.15) is 5.69 Å². The first-order valence-electron chi connectivity index (χ1n) is 2.41. The molecule has 48 valence electrons. The van der Waals surface area contributed by atoms with Crippen molar-refractivity contribution >= 4 is 12.0 Å². The number of anilines is 1. The molecule has 4 nitrogen and oxygen atoms in total. The highest BCUT2D eigenvalue weighted by atomic mass is 16.3. The number of rotatable bonds is 1. The van der Waals surface area contributed by atoms with E-state index in [1.807, 2.05) is 0 Å². The van der Waals surface area contributed by atoms with Crippen molar-refractivity contribution in [1.82, 2.24) is 9.97 Å². The summed E-state index contributed by atoms with van der Waals surface area (Å²) in [5, 5.41) is 8.84. The zero-order chi connectivity index (χ0) is 6.85. The van der Waals surface area contributed by atoms with Gasteiger partial charge in [-0.25, -0.2) is 0 Å². The zero-order valence-corrected chi connectivity index (χ0v) is 4.76.